The Bertz CT molecular complexity index is 1140. The second-order valence-corrected chi connectivity index (χ2v) is 7.32. The van der Waals surface area contributed by atoms with E-state index in [1.807, 2.05) is 30.3 Å². The minimum atomic E-state index is -0.696. The van der Waals surface area contributed by atoms with Gasteiger partial charge in [-0.05, 0) is 37.6 Å². The average molecular weight is 427 g/mol. The van der Waals surface area contributed by atoms with Gasteiger partial charge in [-0.1, -0.05) is 41.7 Å². The molecule has 30 heavy (non-hydrogen) atoms. The highest BCUT2D eigenvalue weighted by Crippen LogP contribution is 2.22. The number of carbonyl (C=O) groups excluding carboxylic acids is 2. The van der Waals surface area contributed by atoms with Gasteiger partial charge in [-0.25, -0.2) is 10.2 Å². The molecule has 0 radical (unpaired) electrons. The van der Waals surface area contributed by atoms with Crippen LogP contribution >= 0.6 is 11.3 Å². The van der Waals surface area contributed by atoms with Crippen LogP contribution in [0.1, 0.15) is 38.2 Å². The fourth-order valence-electron chi connectivity index (χ4n) is 2.77. The first-order valence-electron chi connectivity index (χ1n) is 9.18. The number of nitrogens with zero attached hydrogens (tertiary/aromatic N) is 2. The summed E-state index contributed by atoms with van der Waals surface area (Å²) in [5.41, 5.74) is 3.91. The number of rotatable bonds is 6. The SMILES string of the molecule is CCOC(=O)c1s/c(=N/NC(=O)c2cc(O)ccc2O)n(Cc2ccccc2)c1C. The minimum Gasteiger partial charge on any atom is -0.508 e. The van der Waals surface area contributed by atoms with E-state index >= 15 is 0 Å². The molecule has 0 unspecified atom stereocenters. The van der Waals surface area contributed by atoms with Crippen molar-refractivity contribution in [2.45, 2.75) is 20.4 Å². The predicted molar refractivity (Wildman–Crippen MR) is 111 cm³/mol. The summed E-state index contributed by atoms with van der Waals surface area (Å²) in [6.45, 7) is 4.20. The Morgan fingerprint density at radius 3 is 2.60 bits per heavy atom. The van der Waals surface area contributed by atoms with Gasteiger partial charge >= 0.3 is 5.97 Å². The van der Waals surface area contributed by atoms with Gasteiger partial charge in [-0.3, -0.25) is 4.79 Å². The Balaban J connectivity index is 1.99. The Morgan fingerprint density at radius 1 is 1.17 bits per heavy atom. The molecular formula is C21H21N3O5S. The zero-order chi connectivity index (χ0) is 21.7. The van der Waals surface area contributed by atoms with E-state index in [4.69, 9.17) is 4.74 Å². The molecule has 0 spiro atoms. The second kappa shape index (κ2) is 9.27. The van der Waals surface area contributed by atoms with Crippen LogP contribution in [-0.4, -0.2) is 33.3 Å². The predicted octanol–water partition coefficient (Wildman–Crippen LogP) is 2.74. The van der Waals surface area contributed by atoms with Gasteiger partial charge in [0.2, 0.25) is 4.80 Å². The first-order chi connectivity index (χ1) is 14.4. The summed E-state index contributed by atoms with van der Waals surface area (Å²) in [7, 11) is 0. The molecule has 3 aromatic rings. The molecule has 1 aromatic heterocycles. The van der Waals surface area contributed by atoms with E-state index in [-0.39, 0.29) is 23.7 Å². The van der Waals surface area contributed by atoms with Crippen LogP contribution in [0.15, 0.2) is 53.6 Å². The number of hydrogen-bond donors (Lipinski definition) is 3. The monoisotopic (exact) mass is 427 g/mol. The van der Waals surface area contributed by atoms with Crippen molar-refractivity contribution in [1.82, 2.24) is 9.99 Å². The number of thiazole rings is 1. The quantitative estimate of drug-likeness (QED) is 0.318. The lowest BCUT2D eigenvalue weighted by molar-refractivity contribution is 0.0530. The Kier molecular flexibility index (Phi) is 6.53. The van der Waals surface area contributed by atoms with Crippen molar-refractivity contribution in [3.8, 4) is 11.5 Å². The summed E-state index contributed by atoms with van der Waals surface area (Å²) in [4.78, 5) is 25.5. The number of phenols is 2. The van der Waals surface area contributed by atoms with E-state index in [0.717, 1.165) is 23.0 Å². The third-order valence-electron chi connectivity index (χ3n) is 4.28. The third-order valence-corrected chi connectivity index (χ3v) is 5.44. The number of nitrogens with one attached hydrogen (secondary N) is 1. The molecule has 0 saturated heterocycles. The van der Waals surface area contributed by atoms with E-state index in [0.29, 0.717) is 21.9 Å². The van der Waals surface area contributed by atoms with Gasteiger partial charge in [0.25, 0.3) is 5.91 Å². The van der Waals surface area contributed by atoms with Crippen molar-refractivity contribution in [2.75, 3.05) is 6.61 Å². The largest absolute Gasteiger partial charge is 0.508 e. The normalized spacial score (nSPS) is 11.3. The maximum absolute atomic E-state index is 12.4. The topological polar surface area (TPSA) is 113 Å². The van der Waals surface area contributed by atoms with Crippen LogP contribution in [0.5, 0.6) is 11.5 Å². The molecule has 2 aromatic carbocycles. The molecule has 8 nitrogen and oxygen atoms in total. The Hall–Kier alpha value is -3.59. The number of ether oxygens (including phenoxy) is 1. The van der Waals surface area contributed by atoms with Gasteiger partial charge < -0.3 is 19.5 Å². The molecule has 1 amide bonds. The molecule has 3 rings (SSSR count). The van der Waals surface area contributed by atoms with Crippen molar-refractivity contribution in [1.29, 1.82) is 0 Å². The molecule has 0 fully saturated rings. The molecule has 156 valence electrons. The zero-order valence-corrected chi connectivity index (χ0v) is 17.3. The summed E-state index contributed by atoms with van der Waals surface area (Å²) >= 11 is 1.09. The molecule has 0 saturated carbocycles. The molecule has 3 N–H and O–H groups in total. The number of aromatic nitrogens is 1. The number of esters is 1. The van der Waals surface area contributed by atoms with Crippen molar-refractivity contribution < 1.29 is 24.5 Å². The van der Waals surface area contributed by atoms with Crippen LogP contribution in [0, 0.1) is 6.92 Å². The number of phenolic OH excluding ortho intramolecular Hbond substituents is 2. The van der Waals surface area contributed by atoms with E-state index in [2.05, 4.69) is 10.5 Å². The number of aromatic hydroxyl groups is 2. The van der Waals surface area contributed by atoms with E-state index in [1.54, 1.807) is 18.4 Å². The summed E-state index contributed by atoms with van der Waals surface area (Å²) in [5, 5.41) is 23.6. The summed E-state index contributed by atoms with van der Waals surface area (Å²) in [6.07, 6.45) is 0. The van der Waals surface area contributed by atoms with E-state index in [1.165, 1.54) is 12.1 Å². The first-order valence-corrected chi connectivity index (χ1v) is 9.99. The van der Waals surface area contributed by atoms with Crippen LogP contribution in [0.4, 0.5) is 0 Å². The zero-order valence-electron chi connectivity index (χ0n) is 16.5. The highest BCUT2D eigenvalue weighted by atomic mass is 32.1. The molecule has 0 aliphatic rings. The van der Waals surface area contributed by atoms with Gasteiger partial charge in [-0.2, -0.15) is 0 Å². The third kappa shape index (κ3) is 4.69. The Morgan fingerprint density at radius 2 is 1.90 bits per heavy atom. The van der Waals surface area contributed by atoms with Crippen LogP contribution in [0.2, 0.25) is 0 Å². The standard InChI is InChI=1S/C21H21N3O5S/c1-3-29-20(28)18-13(2)24(12-14-7-5-4-6-8-14)21(30-18)23-22-19(27)16-11-15(25)9-10-17(16)26/h4-11,25-26H,3,12H2,1-2H3,(H,22,27)/b23-21+. The molecule has 9 heteroatoms. The number of amides is 1. The fourth-order valence-corrected chi connectivity index (χ4v) is 3.76. The summed E-state index contributed by atoms with van der Waals surface area (Å²) < 4.78 is 6.92. The van der Waals surface area contributed by atoms with Gasteiger partial charge in [-0.15, -0.1) is 5.10 Å². The van der Waals surface area contributed by atoms with Crippen LogP contribution in [0.25, 0.3) is 0 Å². The maximum atomic E-state index is 12.4. The van der Waals surface area contributed by atoms with Crippen LogP contribution in [0.3, 0.4) is 0 Å². The molecule has 0 atom stereocenters. The summed E-state index contributed by atoms with van der Waals surface area (Å²) in [6, 6.07) is 13.2. The lowest BCUT2D eigenvalue weighted by Crippen LogP contribution is -2.25. The smallest absolute Gasteiger partial charge is 0.350 e. The number of benzene rings is 2. The van der Waals surface area contributed by atoms with Gasteiger partial charge in [0.1, 0.15) is 16.4 Å². The van der Waals surface area contributed by atoms with Crippen LogP contribution in [-0.2, 0) is 11.3 Å². The second-order valence-electron chi connectivity index (χ2n) is 6.35. The molecule has 1 heterocycles. The maximum Gasteiger partial charge on any atom is 0.350 e. The van der Waals surface area contributed by atoms with Crippen LogP contribution < -0.4 is 10.2 Å². The molecule has 0 bridgehead atoms. The van der Waals surface area contributed by atoms with Crippen molar-refractivity contribution in [3.05, 3.63) is 75.0 Å². The highest BCUT2D eigenvalue weighted by Gasteiger charge is 2.19. The average Bonchev–Trinajstić information content (AvgIpc) is 3.04. The lowest BCUT2D eigenvalue weighted by atomic mass is 10.2. The van der Waals surface area contributed by atoms with E-state index in [9.17, 15) is 19.8 Å². The number of carbonyl (C=O) groups is 2. The first kappa shape index (κ1) is 21.1. The Labute approximate surface area is 176 Å². The molecular weight excluding hydrogens is 406 g/mol. The van der Waals surface area contributed by atoms with Gasteiger partial charge in [0.15, 0.2) is 0 Å². The molecule has 0 aliphatic carbocycles. The van der Waals surface area contributed by atoms with Gasteiger partial charge in [0, 0.05) is 5.69 Å². The van der Waals surface area contributed by atoms with Gasteiger partial charge in [0.05, 0.1) is 18.7 Å². The fraction of sp³-hybridized carbons (Fsp3) is 0.190. The van der Waals surface area contributed by atoms with Crippen molar-refractivity contribution in [3.63, 3.8) is 0 Å². The molecule has 0 aliphatic heterocycles. The lowest BCUT2D eigenvalue weighted by Gasteiger charge is -2.07. The summed E-state index contributed by atoms with van der Waals surface area (Å²) in [5.74, 6) is -1.60. The van der Waals surface area contributed by atoms with Crippen molar-refractivity contribution >= 4 is 23.2 Å². The van der Waals surface area contributed by atoms with Crippen molar-refractivity contribution in [2.24, 2.45) is 5.10 Å². The minimum absolute atomic E-state index is 0.118. The van der Waals surface area contributed by atoms with E-state index < -0.39 is 11.9 Å². The number of hydrogen-bond acceptors (Lipinski definition) is 7. The highest BCUT2D eigenvalue weighted by molar-refractivity contribution is 7.11.